The van der Waals surface area contributed by atoms with E-state index in [0.717, 1.165) is 11.3 Å². The van der Waals surface area contributed by atoms with Gasteiger partial charge in [0.05, 0.1) is 30.0 Å². The van der Waals surface area contributed by atoms with Crippen molar-refractivity contribution in [2.75, 3.05) is 11.8 Å². The Morgan fingerprint density at radius 3 is 2.59 bits per heavy atom. The average molecular weight is 495 g/mol. The topological polar surface area (TPSA) is 96.3 Å². The SMILES string of the molecule is COC(=O)c1ccc(Br)c(S(=O)(=O)Nc2cc(C#N)ccc2-c2ccc(F)s2)c1. The van der Waals surface area contributed by atoms with Crippen molar-refractivity contribution in [3.63, 3.8) is 0 Å². The number of nitrogens with zero attached hydrogens (tertiary/aromatic N) is 1. The van der Waals surface area contributed by atoms with Gasteiger partial charge in [-0.2, -0.15) is 9.65 Å². The van der Waals surface area contributed by atoms with Crippen molar-refractivity contribution in [3.8, 4) is 16.5 Å². The summed E-state index contributed by atoms with van der Waals surface area (Å²) >= 11 is 4.02. The second-order valence-corrected chi connectivity index (χ2v) is 9.26. The van der Waals surface area contributed by atoms with Crippen molar-refractivity contribution in [1.29, 1.82) is 5.26 Å². The molecule has 0 radical (unpaired) electrons. The molecule has 3 rings (SSSR count). The van der Waals surface area contributed by atoms with E-state index in [1.54, 1.807) is 6.07 Å². The molecule has 148 valence electrons. The molecule has 0 bridgehead atoms. The fourth-order valence-corrected chi connectivity index (χ4v) is 5.36. The fourth-order valence-electron chi connectivity index (χ4n) is 2.53. The number of carbonyl (C=O) groups is 1. The summed E-state index contributed by atoms with van der Waals surface area (Å²) in [5.41, 5.74) is 0.816. The summed E-state index contributed by atoms with van der Waals surface area (Å²) in [6.07, 6.45) is 0. The summed E-state index contributed by atoms with van der Waals surface area (Å²) in [6.45, 7) is 0. The number of halogens is 2. The Hall–Kier alpha value is -2.74. The number of carbonyl (C=O) groups excluding carboxylic acids is 1. The van der Waals surface area contributed by atoms with Crippen molar-refractivity contribution in [3.05, 3.63) is 69.3 Å². The maximum absolute atomic E-state index is 13.5. The van der Waals surface area contributed by atoms with Crippen LogP contribution >= 0.6 is 27.3 Å². The Balaban J connectivity index is 2.10. The number of ether oxygens (including phenoxy) is 1. The van der Waals surface area contributed by atoms with Crippen LogP contribution in [0.2, 0.25) is 0 Å². The van der Waals surface area contributed by atoms with Crippen LogP contribution in [0.15, 0.2) is 57.9 Å². The van der Waals surface area contributed by atoms with Crippen LogP contribution in [0.3, 0.4) is 0 Å². The van der Waals surface area contributed by atoms with E-state index in [1.165, 1.54) is 49.6 Å². The molecule has 10 heteroatoms. The molecule has 0 saturated carbocycles. The average Bonchev–Trinajstić information content (AvgIpc) is 3.13. The van der Waals surface area contributed by atoms with Crippen molar-refractivity contribution in [2.45, 2.75) is 4.90 Å². The van der Waals surface area contributed by atoms with Crippen LogP contribution in [0.4, 0.5) is 10.1 Å². The van der Waals surface area contributed by atoms with Gasteiger partial charge >= 0.3 is 5.97 Å². The number of methoxy groups -OCH3 is 1. The summed E-state index contributed by atoms with van der Waals surface area (Å²) < 4.78 is 46.8. The van der Waals surface area contributed by atoms with Gasteiger partial charge in [0, 0.05) is 14.9 Å². The predicted octanol–water partition coefficient (Wildman–Crippen LogP) is 4.78. The van der Waals surface area contributed by atoms with E-state index in [4.69, 9.17) is 5.26 Å². The Kier molecular flexibility index (Phi) is 6.02. The van der Waals surface area contributed by atoms with Crippen molar-refractivity contribution in [2.24, 2.45) is 0 Å². The first-order valence-electron chi connectivity index (χ1n) is 7.95. The molecule has 0 saturated heterocycles. The van der Waals surface area contributed by atoms with E-state index in [0.29, 0.717) is 10.4 Å². The van der Waals surface area contributed by atoms with Gasteiger partial charge < -0.3 is 4.74 Å². The van der Waals surface area contributed by atoms with Gasteiger partial charge in [-0.1, -0.05) is 6.07 Å². The summed E-state index contributed by atoms with van der Waals surface area (Å²) in [6, 6.07) is 13.2. The van der Waals surface area contributed by atoms with E-state index in [9.17, 15) is 17.6 Å². The lowest BCUT2D eigenvalue weighted by Crippen LogP contribution is -2.15. The second kappa shape index (κ2) is 8.32. The molecular formula is C19H12BrFN2O4S2. The minimum atomic E-state index is -4.16. The molecule has 6 nitrogen and oxygen atoms in total. The first kappa shape index (κ1) is 21.0. The van der Waals surface area contributed by atoms with E-state index in [1.807, 2.05) is 6.07 Å². The molecule has 0 atom stereocenters. The number of hydrogen-bond acceptors (Lipinski definition) is 6. The molecule has 1 N–H and O–H groups in total. The summed E-state index contributed by atoms with van der Waals surface area (Å²) in [5, 5.41) is 8.74. The number of thiophene rings is 1. The number of anilines is 1. The van der Waals surface area contributed by atoms with Gasteiger partial charge in [0.1, 0.15) is 4.90 Å². The Morgan fingerprint density at radius 2 is 1.97 bits per heavy atom. The van der Waals surface area contributed by atoms with Gasteiger partial charge in [-0.25, -0.2) is 13.2 Å². The lowest BCUT2D eigenvalue weighted by molar-refractivity contribution is 0.0600. The zero-order valence-electron chi connectivity index (χ0n) is 14.8. The number of esters is 1. The van der Waals surface area contributed by atoms with Gasteiger partial charge in [0.15, 0.2) is 5.13 Å². The number of benzene rings is 2. The van der Waals surface area contributed by atoms with Crippen LogP contribution in [0.5, 0.6) is 0 Å². The molecular weight excluding hydrogens is 483 g/mol. The third-order valence-electron chi connectivity index (χ3n) is 3.87. The zero-order chi connectivity index (χ0) is 21.2. The van der Waals surface area contributed by atoms with Crippen LogP contribution in [0.1, 0.15) is 15.9 Å². The number of nitrogens with one attached hydrogen (secondary N) is 1. The van der Waals surface area contributed by atoms with E-state index >= 15 is 0 Å². The maximum Gasteiger partial charge on any atom is 0.337 e. The molecule has 0 amide bonds. The molecule has 0 aliphatic rings. The van der Waals surface area contributed by atoms with Crippen LogP contribution < -0.4 is 4.72 Å². The highest BCUT2D eigenvalue weighted by Crippen LogP contribution is 2.35. The Labute approximate surface area is 178 Å². The normalized spacial score (nSPS) is 11.0. The number of sulfonamides is 1. The highest BCUT2D eigenvalue weighted by atomic mass is 79.9. The van der Waals surface area contributed by atoms with E-state index in [2.05, 4.69) is 25.4 Å². The number of rotatable bonds is 5. The maximum atomic E-state index is 13.5. The molecule has 0 fully saturated rings. The molecule has 1 heterocycles. The molecule has 29 heavy (non-hydrogen) atoms. The van der Waals surface area contributed by atoms with E-state index in [-0.39, 0.29) is 26.2 Å². The van der Waals surface area contributed by atoms with Crippen LogP contribution in [-0.4, -0.2) is 21.5 Å². The summed E-state index contributed by atoms with van der Waals surface area (Å²) in [5.74, 6) is -0.685. The molecule has 0 aliphatic heterocycles. The third-order valence-corrected chi connectivity index (χ3v) is 7.14. The van der Waals surface area contributed by atoms with Gasteiger partial charge in [0.25, 0.3) is 10.0 Å². The lowest BCUT2D eigenvalue weighted by atomic mass is 10.1. The molecule has 0 spiro atoms. The third kappa shape index (κ3) is 4.48. The fraction of sp³-hybridized carbons (Fsp3) is 0.0526. The van der Waals surface area contributed by atoms with E-state index < -0.39 is 21.1 Å². The van der Waals surface area contributed by atoms with Gasteiger partial charge in [-0.05, 0) is 58.4 Å². The Morgan fingerprint density at radius 1 is 1.21 bits per heavy atom. The smallest absolute Gasteiger partial charge is 0.337 e. The van der Waals surface area contributed by atoms with Gasteiger partial charge in [-0.3, -0.25) is 4.72 Å². The van der Waals surface area contributed by atoms with Crippen LogP contribution in [0.25, 0.3) is 10.4 Å². The Bertz CT molecular complexity index is 1250. The number of hydrogen-bond donors (Lipinski definition) is 1. The lowest BCUT2D eigenvalue weighted by Gasteiger charge is -2.14. The molecule has 3 aromatic rings. The monoisotopic (exact) mass is 494 g/mol. The molecule has 0 aliphatic carbocycles. The standard InChI is InChI=1S/C19H12BrFN2O4S2/c1-27-19(24)12-3-5-14(20)17(9-12)29(25,26)23-15-8-11(10-22)2-4-13(15)16-6-7-18(21)28-16/h2-9,23H,1H3. The summed E-state index contributed by atoms with van der Waals surface area (Å²) in [7, 11) is -2.97. The highest BCUT2D eigenvalue weighted by molar-refractivity contribution is 9.10. The minimum absolute atomic E-state index is 0.0578. The van der Waals surface area contributed by atoms with Gasteiger partial charge in [0.2, 0.25) is 0 Å². The predicted molar refractivity (Wildman–Crippen MR) is 111 cm³/mol. The molecule has 0 unspecified atom stereocenters. The zero-order valence-corrected chi connectivity index (χ0v) is 18.0. The summed E-state index contributed by atoms with van der Waals surface area (Å²) in [4.78, 5) is 12.1. The van der Waals surface area contributed by atoms with Crippen LogP contribution in [-0.2, 0) is 14.8 Å². The van der Waals surface area contributed by atoms with Crippen LogP contribution in [0, 0.1) is 16.5 Å². The highest BCUT2D eigenvalue weighted by Gasteiger charge is 2.22. The van der Waals surface area contributed by atoms with Crippen molar-refractivity contribution >= 4 is 48.9 Å². The van der Waals surface area contributed by atoms with Crippen molar-refractivity contribution in [1.82, 2.24) is 0 Å². The first-order valence-corrected chi connectivity index (χ1v) is 11.0. The second-order valence-electron chi connectivity index (χ2n) is 5.72. The molecule has 1 aromatic heterocycles. The number of nitriles is 1. The van der Waals surface area contributed by atoms with Crippen molar-refractivity contribution < 1.29 is 22.3 Å². The minimum Gasteiger partial charge on any atom is -0.465 e. The first-order chi connectivity index (χ1) is 13.7. The van der Waals surface area contributed by atoms with Gasteiger partial charge in [-0.15, -0.1) is 11.3 Å². The quantitative estimate of drug-likeness (QED) is 0.515. The largest absolute Gasteiger partial charge is 0.465 e. The molecule has 2 aromatic carbocycles.